The molecule has 0 bridgehead atoms. The maximum Gasteiger partial charge on any atom is 0.433 e. The van der Waals surface area contributed by atoms with Gasteiger partial charge in [-0.25, -0.2) is 4.98 Å². The zero-order valence-corrected chi connectivity index (χ0v) is 15.7. The summed E-state index contributed by atoms with van der Waals surface area (Å²) in [4.78, 5) is 17.9. The Bertz CT molecular complexity index is 866. The first-order chi connectivity index (χ1) is 13.8. The van der Waals surface area contributed by atoms with Gasteiger partial charge in [-0.3, -0.25) is 4.79 Å². The molecule has 1 aliphatic heterocycles. The largest absolute Gasteiger partial charge is 0.439 e. The van der Waals surface area contributed by atoms with E-state index in [0.717, 1.165) is 18.9 Å². The lowest BCUT2D eigenvalue weighted by molar-refractivity contribution is -0.141. The molecule has 1 saturated heterocycles. The minimum atomic E-state index is -4.62. The number of likely N-dealkylation sites (tertiary alicyclic amines) is 1. The Morgan fingerprint density at radius 1 is 1.24 bits per heavy atom. The van der Waals surface area contributed by atoms with Gasteiger partial charge in [-0.2, -0.15) is 13.2 Å². The van der Waals surface area contributed by atoms with Crippen molar-refractivity contribution in [3.05, 3.63) is 53.2 Å². The molecular weight excluding hydrogens is 387 g/mol. The number of pyridine rings is 1. The van der Waals surface area contributed by atoms with Crippen LogP contribution in [0.5, 0.6) is 11.6 Å². The summed E-state index contributed by atoms with van der Waals surface area (Å²) >= 11 is 0. The molecule has 1 aromatic carbocycles. The van der Waals surface area contributed by atoms with Crippen LogP contribution in [-0.4, -0.2) is 40.6 Å². The molecule has 0 atom stereocenters. The van der Waals surface area contributed by atoms with Crippen molar-refractivity contribution in [2.75, 3.05) is 19.7 Å². The molecule has 1 aliphatic rings. The van der Waals surface area contributed by atoms with E-state index in [2.05, 4.69) is 4.98 Å². The van der Waals surface area contributed by atoms with Crippen molar-refractivity contribution in [1.29, 1.82) is 0 Å². The zero-order chi connectivity index (χ0) is 21.0. The van der Waals surface area contributed by atoms with E-state index >= 15 is 0 Å². The Balaban J connectivity index is 1.77. The molecular formula is C20H22F3N3O3. The fourth-order valence-corrected chi connectivity index (χ4v) is 3.19. The molecule has 3 N–H and O–H groups in total. The van der Waals surface area contributed by atoms with Crippen molar-refractivity contribution in [1.82, 2.24) is 9.88 Å². The SMILES string of the molecule is NCc1cc(Oc2cccc(C(=O)N3CCC(CO)CC3)c2)nc(C(F)(F)F)c1. The summed E-state index contributed by atoms with van der Waals surface area (Å²) in [5.41, 5.74) is 4.99. The second-order valence-corrected chi connectivity index (χ2v) is 6.95. The van der Waals surface area contributed by atoms with Crippen LogP contribution in [0.15, 0.2) is 36.4 Å². The number of nitrogens with zero attached hydrogens (tertiary/aromatic N) is 2. The number of carbonyl (C=O) groups excluding carboxylic acids is 1. The number of aliphatic hydroxyl groups excluding tert-OH is 1. The highest BCUT2D eigenvalue weighted by atomic mass is 19.4. The number of benzene rings is 1. The smallest absolute Gasteiger partial charge is 0.433 e. The van der Waals surface area contributed by atoms with E-state index in [1.165, 1.54) is 12.1 Å². The lowest BCUT2D eigenvalue weighted by atomic mass is 9.97. The first-order valence-electron chi connectivity index (χ1n) is 9.26. The molecule has 0 spiro atoms. The second kappa shape index (κ2) is 8.79. The maximum absolute atomic E-state index is 13.0. The van der Waals surface area contributed by atoms with E-state index in [0.29, 0.717) is 18.7 Å². The summed E-state index contributed by atoms with van der Waals surface area (Å²) < 4.78 is 44.6. The van der Waals surface area contributed by atoms with E-state index in [-0.39, 0.29) is 42.2 Å². The van der Waals surface area contributed by atoms with Crippen molar-refractivity contribution >= 4 is 5.91 Å². The predicted octanol–water partition coefficient (Wildman–Crippen LogP) is 3.20. The van der Waals surface area contributed by atoms with Crippen molar-refractivity contribution < 1.29 is 27.8 Å². The average Bonchev–Trinajstić information content (AvgIpc) is 2.72. The monoisotopic (exact) mass is 409 g/mol. The van der Waals surface area contributed by atoms with Gasteiger partial charge in [0.2, 0.25) is 5.88 Å². The number of hydrogen-bond donors (Lipinski definition) is 2. The Kier molecular flexibility index (Phi) is 6.39. The van der Waals surface area contributed by atoms with Gasteiger partial charge in [0, 0.05) is 37.9 Å². The summed E-state index contributed by atoms with van der Waals surface area (Å²) in [5.74, 6) is -0.0199. The van der Waals surface area contributed by atoms with E-state index in [9.17, 15) is 23.1 Å². The molecule has 0 saturated carbocycles. The maximum atomic E-state index is 13.0. The minimum absolute atomic E-state index is 0.0930. The number of rotatable bonds is 5. The van der Waals surface area contributed by atoms with Crippen LogP contribution in [0.3, 0.4) is 0 Å². The van der Waals surface area contributed by atoms with Crippen LogP contribution in [0.2, 0.25) is 0 Å². The van der Waals surface area contributed by atoms with Gasteiger partial charge in [-0.15, -0.1) is 0 Å². The van der Waals surface area contributed by atoms with Gasteiger partial charge < -0.3 is 20.5 Å². The highest BCUT2D eigenvalue weighted by molar-refractivity contribution is 5.94. The van der Waals surface area contributed by atoms with Gasteiger partial charge in [0.15, 0.2) is 0 Å². The molecule has 1 amide bonds. The van der Waals surface area contributed by atoms with Gasteiger partial charge in [-0.1, -0.05) is 6.07 Å². The molecule has 156 valence electrons. The number of halogens is 3. The van der Waals surface area contributed by atoms with E-state index < -0.39 is 11.9 Å². The topological polar surface area (TPSA) is 88.7 Å². The number of alkyl halides is 3. The normalized spacial score (nSPS) is 15.4. The van der Waals surface area contributed by atoms with Gasteiger partial charge in [0.1, 0.15) is 11.4 Å². The zero-order valence-electron chi connectivity index (χ0n) is 15.7. The van der Waals surface area contributed by atoms with Crippen LogP contribution in [0.25, 0.3) is 0 Å². The summed E-state index contributed by atoms with van der Waals surface area (Å²) in [7, 11) is 0. The number of hydrogen-bond acceptors (Lipinski definition) is 5. The lowest BCUT2D eigenvalue weighted by Crippen LogP contribution is -2.39. The molecule has 0 unspecified atom stereocenters. The summed E-state index contributed by atoms with van der Waals surface area (Å²) in [6.45, 7) is 1.11. The average molecular weight is 409 g/mol. The van der Waals surface area contributed by atoms with E-state index in [1.54, 1.807) is 23.1 Å². The van der Waals surface area contributed by atoms with Crippen LogP contribution in [0.1, 0.15) is 34.5 Å². The molecule has 9 heteroatoms. The van der Waals surface area contributed by atoms with Crippen LogP contribution >= 0.6 is 0 Å². The first-order valence-corrected chi connectivity index (χ1v) is 9.26. The van der Waals surface area contributed by atoms with Crippen molar-refractivity contribution in [2.24, 2.45) is 11.7 Å². The molecule has 0 aliphatic carbocycles. The van der Waals surface area contributed by atoms with Crippen molar-refractivity contribution in [2.45, 2.75) is 25.6 Å². The number of nitrogens with two attached hydrogens (primary N) is 1. The molecule has 0 radical (unpaired) electrons. The fourth-order valence-electron chi connectivity index (χ4n) is 3.19. The quantitative estimate of drug-likeness (QED) is 0.792. The molecule has 1 aromatic heterocycles. The van der Waals surface area contributed by atoms with Gasteiger partial charge in [0.25, 0.3) is 5.91 Å². The van der Waals surface area contributed by atoms with Crippen molar-refractivity contribution in [3.8, 4) is 11.6 Å². The molecule has 1 fully saturated rings. The lowest BCUT2D eigenvalue weighted by Gasteiger charge is -2.31. The Morgan fingerprint density at radius 3 is 2.59 bits per heavy atom. The number of aliphatic hydroxyl groups is 1. The Labute approximate surface area is 166 Å². The standard InChI is InChI=1S/C20H22F3N3O3/c21-20(22,23)17-8-14(11-24)9-18(25-17)29-16-3-1-2-15(10-16)19(28)26-6-4-13(12-27)5-7-26/h1-3,8-10,13,27H,4-7,11-12,24H2. The molecule has 3 rings (SSSR count). The summed E-state index contributed by atoms with van der Waals surface area (Å²) in [6, 6.07) is 8.45. The first kappa shape index (κ1) is 21.1. The molecule has 6 nitrogen and oxygen atoms in total. The molecule has 29 heavy (non-hydrogen) atoms. The number of piperidine rings is 1. The third-order valence-electron chi connectivity index (χ3n) is 4.85. The van der Waals surface area contributed by atoms with Crippen LogP contribution in [-0.2, 0) is 12.7 Å². The highest BCUT2D eigenvalue weighted by Crippen LogP contribution is 2.31. The third-order valence-corrected chi connectivity index (χ3v) is 4.85. The van der Waals surface area contributed by atoms with Crippen LogP contribution < -0.4 is 10.5 Å². The van der Waals surface area contributed by atoms with Crippen molar-refractivity contribution in [3.63, 3.8) is 0 Å². The molecule has 2 heterocycles. The number of aromatic nitrogens is 1. The predicted molar refractivity (Wildman–Crippen MR) is 99.4 cm³/mol. The van der Waals surface area contributed by atoms with Crippen LogP contribution in [0, 0.1) is 5.92 Å². The summed E-state index contributed by atoms with van der Waals surface area (Å²) in [6.07, 6.45) is -3.16. The highest BCUT2D eigenvalue weighted by Gasteiger charge is 2.33. The molecule has 2 aromatic rings. The summed E-state index contributed by atoms with van der Waals surface area (Å²) in [5, 5.41) is 9.21. The Morgan fingerprint density at radius 2 is 1.97 bits per heavy atom. The van der Waals surface area contributed by atoms with Gasteiger partial charge in [-0.05, 0) is 48.6 Å². The van der Waals surface area contributed by atoms with E-state index in [4.69, 9.17) is 10.5 Å². The van der Waals surface area contributed by atoms with Gasteiger partial charge in [0.05, 0.1) is 0 Å². The van der Waals surface area contributed by atoms with Crippen LogP contribution in [0.4, 0.5) is 13.2 Å². The van der Waals surface area contributed by atoms with E-state index in [1.807, 2.05) is 0 Å². The number of carbonyl (C=O) groups is 1. The second-order valence-electron chi connectivity index (χ2n) is 6.95. The number of amides is 1. The Hall–Kier alpha value is -2.65. The van der Waals surface area contributed by atoms with Gasteiger partial charge >= 0.3 is 6.18 Å². The number of ether oxygens (including phenoxy) is 1. The minimum Gasteiger partial charge on any atom is -0.439 e. The third kappa shape index (κ3) is 5.24. The fraction of sp³-hybridized carbons (Fsp3) is 0.400.